The Morgan fingerprint density at radius 2 is 1.80 bits per heavy atom. The van der Waals surface area contributed by atoms with Crippen molar-refractivity contribution in [1.82, 2.24) is 20.2 Å². The number of hydrogen-bond acceptors (Lipinski definition) is 6. The molecule has 0 spiro atoms. The van der Waals surface area contributed by atoms with Crippen molar-refractivity contribution in [2.24, 2.45) is 0 Å². The van der Waals surface area contributed by atoms with Crippen molar-refractivity contribution >= 4 is 12.2 Å². The van der Waals surface area contributed by atoms with Crippen LogP contribution in [-0.2, 0) is 0 Å². The van der Waals surface area contributed by atoms with Gasteiger partial charge in [-0.25, -0.2) is 4.68 Å². The summed E-state index contributed by atoms with van der Waals surface area (Å²) in [6.45, 7) is 0. The highest BCUT2D eigenvalue weighted by Gasteiger charge is 2.10. The monoisotopic (exact) mass is 226 g/mol. The van der Waals surface area contributed by atoms with Crippen molar-refractivity contribution in [3.8, 4) is 22.9 Å². The lowest BCUT2D eigenvalue weighted by molar-refractivity contribution is 0.367. The van der Waals surface area contributed by atoms with E-state index in [4.69, 9.17) is 17.3 Å². The van der Waals surface area contributed by atoms with Crippen LogP contribution < -0.4 is 0 Å². The summed E-state index contributed by atoms with van der Waals surface area (Å²) in [7, 11) is 0. The van der Waals surface area contributed by atoms with Crippen molar-refractivity contribution in [2.75, 3.05) is 0 Å². The Labute approximate surface area is 88.2 Å². The van der Waals surface area contributed by atoms with Crippen LogP contribution in [0.25, 0.3) is 5.69 Å². The summed E-state index contributed by atoms with van der Waals surface area (Å²) < 4.78 is 1.40. The van der Waals surface area contributed by atoms with E-state index in [-0.39, 0.29) is 4.77 Å². The van der Waals surface area contributed by atoms with E-state index in [9.17, 15) is 10.2 Å². The molecule has 0 unspecified atom stereocenters. The second-order valence-electron chi connectivity index (χ2n) is 2.75. The summed E-state index contributed by atoms with van der Waals surface area (Å²) in [5.41, 5.74) is 0.317. The van der Waals surface area contributed by atoms with Crippen molar-refractivity contribution in [3.05, 3.63) is 16.9 Å². The third kappa shape index (κ3) is 1.50. The van der Waals surface area contributed by atoms with Crippen molar-refractivity contribution in [1.29, 1.82) is 0 Å². The number of aromatic hydroxyl groups is 3. The summed E-state index contributed by atoms with van der Waals surface area (Å²) in [6.07, 6.45) is 0. The normalized spacial score (nSPS) is 10.4. The molecule has 0 saturated heterocycles. The number of phenolic OH excluding ortho intramolecular Hbond substituents is 3. The first-order chi connectivity index (χ1) is 7.09. The zero-order chi connectivity index (χ0) is 11.0. The van der Waals surface area contributed by atoms with Crippen LogP contribution in [0.15, 0.2) is 12.1 Å². The van der Waals surface area contributed by atoms with Gasteiger partial charge < -0.3 is 15.3 Å². The van der Waals surface area contributed by atoms with Gasteiger partial charge >= 0.3 is 0 Å². The van der Waals surface area contributed by atoms with E-state index in [2.05, 4.69) is 15.5 Å². The molecule has 1 aromatic heterocycles. The van der Waals surface area contributed by atoms with Crippen LogP contribution in [-0.4, -0.2) is 35.5 Å². The van der Waals surface area contributed by atoms with Gasteiger partial charge in [0.2, 0.25) is 4.77 Å². The molecule has 0 bridgehead atoms. The topological polar surface area (TPSA) is 107 Å². The molecule has 78 valence electrons. The molecule has 0 radical (unpaired) electrons. The predicted octanol–water partition coefficient (Wildman–Crippen LogP) is 0.442. The molecule has 1 heterocycles. The van der Waals surface area contributed by atoms with Crippen LogP contribution in [0.3, 0.4) is 0 Å². The van der Waals surface area contributed by atoms with Crippen molar-refractivity contribution < 1.29 is 15.3 Å². The number of aromatic nitrogens is 4. The van der Waals surface area contributed by atoms with Crippen LogP contribution >= 0.6 is 12.2 Å². The molecular weight excluding hydrogens is 220 g/mol. The average Bonchev–Trinajstić information content (AvgIpc) is 2.60. The SMILES string of the molecule is Oc1cc(-n2[nH]nnc2=S)cc(O)c1O. The van der Waals surface area contributed by atoms with Gasteiger partial charge in [0.25, 0.3) is 0 Å². The summed E-state index contributed by atoms with van der Waals surface area (Å²) >= 11 is 4.82. The maximum absolute atomic E-state index is 9.26. The van der Waals surface area contributed by atoms with Gasteiger partial charge in [-0.2, -0.15) is 5.21 Å². The third-order valence-electron chi connectivity index (χ3n) is 1.78. The zero-order valence-electron chi connectivity index (χ0n) is 7.25. The second-order valence-corrected chi connectivity index (χ2v) is 3.12. The summed E-state index contributed by atoms with van der Waals surface area (Å²) in [6, 6.07) is 2.43. The van der Waals surface area contributed by atoms with E-state index in [1.165, 1.54) is 16.8 Å². The fourth-order valence-electron chi connectivity index (χ4n) is 1.08. The summed E-state index contributed by atoms with van der Waals surface area (Å²) in [4.78, 5) is 0. The number of aromatic amines is 1. The third-order valence-corrected chi connectivity index (χ3v) is 2.05. The van der Waals surface area contributed by atoms with Crippen LogP contribution in [0.5, 0.6) is 17.2 Å². The Balaban J connectivity index is 2.66. The van der Waals surface area contributed by atoms with Gasteiger partial charge in [-0.15, -0.1) is 0 Å². The van der Waals surface area contributed by atoms with Gasteiger partial charge in [0.15, 0.2) is 17.2 Å². The summed E-state index contributed by atoms with van der Waals surface area (Å²) in [5, 5.41) is 37.0. The standard InChI is InChI=1S/C7H6N4O3S/c12-4-1-3(2-5(13)6(4)14)11-7(15)8-9-10-11/h1-2,12-14H,(H,8,10,15). The number of nitrogens with one attached hydrogen (secondary N) is 1. The minimum atomic E-state index is -0.585. The first kappa shape index (κ1) is 9.46. The fourth-order valence-corrected chi connectivity index (χ4v) is 1.27. The number of hydrogen-bond donors (Lipinski definition) is 4. The molecule has 4 N–H and O–H groups in total. The average molecular weight is 226 g/mol. The highest BCUT2D eigenvalue weighted by atomic mass is 32.1. The van der Waals surface area contributed by atoms with Crippen LogP contribution in [0.4, 0.5) is 0 Å². The molecule has 7 nitrogen and oxygen atoms in total. The predicted molar refractivity (Wildman–Crippen MR) is 51.5 cm³/mol. The first-order valence-corrected chi connectivity index (χ1v) is 4.26. The highest BCUT2D eigenvalue weighted by Crippen LogP contribution is 2.36. The molecule has 15 heavy (non-hydrogen) atoms. The number of benzene rings is 1. The quantitative estimate of drug-likeness (QED) is 0.415. The molecule has 0 aliphatic heterocycles. The molecule has 0 aliphatic carbocycles. The molecule has 8 heteroatoms. The van der Waals surface area contributed by atoms with Crippen LogP contribution in [0.1, 0.15) is 0 Å². The number of rotatable bonds is 1. The van der Waals surface area contributed by atoms with E-state index in [1.807, 2.05) is 0 Å². The number of H-pyrrole nitrogens is 1. The number of phenols is 3. The van der Waals surface area contributed by atoms with Gasteiger partial charge in [-0.05, 0) is 12.2 Å². The second kappa shape index (κ2) is 3.24. The molecule has 0 aliphatic rings. The fraction of sp³-hybridized carbons (Fsp3) is 0. The van der Waals surface area contributed by atoms with Gasteiger partial charge in [0, 0.05) is 12.1 Å². The first-order valence-electron chi connectivity index (χ1n) is 3.85. The lowest BCUT2D eigenvalue weighted by Crippen LogP contribution is -1.96. The molecule has 0 saturated carbocycles. The minimum Gasteiger partial charge on any atom is -0.504 e. The zero-order valence-corrected chi connectivity index (χ0v) is 8.06. The smallest absolute Gasteiger partial charge is 0.242 e. The maximum Gasteiger partial charge on any atom is 0.242 e. The van der Waals surface area contributed by atoms with Gasteiger partial charge in [0.05, 0.1) is 5.69 Å². The maximum atomic E-state index is 9.26. The van der Waals surface area contributed by atoms with E-state index in [0.29, 0.717) is 5.69 Å². The van der Waals surface area contributed by atoms with Crippen LogP contribution in [0, 0.1) is 4.77 Å². The molecule has 0 atom stereocenters. The molecule has 2 aromatic rings. The Morgan fingerprint density at radius 3 is 2.27 bits per heavy atom. The highest BCUT2D eigenvalue weighted by molar-refractivity contribution is 7.71. The Bertz CT molecular complexity index is 538. The van der Waals surface area contributed by atoms with E-state index >= 15 is 0 Å². The number of nitrogens with zero attached hydrogens (tertiary/aromatic N) is 3. The minimum absolute atomic E-state index is 0.138. The van der Waals surface area contributed by atoms with E-state index < -0.39 is 17.2 Å². The Kier molecular flexibility index (Phi) is 2.05. The van der Waals surface area contributed by atoms with Crippen molar-refractivity contribution in [3.63, 3.8) is 0 Å². The Morgan fingerprint density at radius 1 is 1.20 bits per heavy atom. The number of tetrazole rings is 1. The molecule has 0 fully saturated rings. The molecule has 1 aromatic carbocycles. The molecule has 2 rings (SSSR count). The van der Waals surface area contributed by atoms with Crippen molar-refractivity contribution in [2.45, 2.75) is 0 Å². The van der Waals surface area contributed by atoms with Gasteiger partial charge in [-0.3, -0.25) is 0 Å². The van der Waals surface area contributed by atoms with Crippen LogP contribution in [0.2, 0.25) is 0 Å². The largest absolute Gasteiger partial charge is 0.504 e. The van der Waals surface area contributed by atoms with E-state index in [1.54, 1.807) is 0 Å². The van der Waals surface area contributed by atoms with Gasteiger partial charge in [0.1, 0.15) is 0 Å². The summed E-state index contributed by atoms with van der Waals surface area (Å²) in [5.74, 6) is -1.50. The molecule has 0 amide bonds. The Hall–Kier alpha value is -2.09. The molecular formula is C7H6N4O3S. The lowest BCUT2D eigenvalue weighted by atomic mass is 10.2. The van der Waals surface area contributed by atoms with Gasteiger partial charge in [-0.1, -0.05) is 10.3 Å². The lowest BCUT2D eigenvalue weighted by Gasteiger charge is -2.04. The van der Waals surface area contributed by atoms with E-state index in [0.717, 1.165) is 0 Å².